The molecule has 148 valence electrons. The summed E-state index contributed by atoms with van der Waals surface area (Å²) >= 11 is 0. The van der Waals surface area contributed by atoms with Gasteiger partial charge in [-0.3, -0.25) is 14.9 Å². The molecule has 0 heterocycles. The number of hydrogen-bond acceptors (Lipinski definition) is 6. The first kappa shape index (κ1) is 20.9. The first-order chi connectivity index (χ1) is 13.1. The van der Waals surface area contributed by atoms with Crippen molar-refractivity contribution in [3.05, 3.63) is 62.7 Å². The zero-order valence-corrected chi connectivity index (χ0v) is 16.5. The summed E-state index contributed by atoms with van der Waals surface area (Å²) in [6, 6.07) is 7.83. The largest absolute Gasteiger partial charge is 0.449 e. The van der Waals surface area contributed by atoms with Crippen LogP contribution in [-0.4, -0.2) is 30.0 Å². The Kier molecular flexibility index (Phi) is 6.35. The molecule has 0 bridgehead atoms. The number of aryl methyl sites for hydroxylation is 3. The number of nitro groups is 1. The minimum Gasteiger partial charge on any atom is -0.449 e. The average molecular weight is 385 g/mol. The van der Waals surface area contributed by atoms with E-state index in [1.807, 2.05) is 32.9 Å². The topological polar surface area (TPSA) is 111 Å². The first-order valence-corrected chi connectivity index (χ1v) is 8.70. The van der Waals surface area contributed by atoms with Crippen LogP contribution in [0.3, 0.4) is 0 Å². The van der Waals surface area contributed by atoms with E-state index in [1.54, 1.807) is 7.05 Å². The average Bonchev–Trinajstić information content (AvgIpc) is 2.63. The van der Waals surface area contributed by atoms with Gasteiger partial charge in [-0.25, -0.2) is 4.79 Å². The van der Waals surface area contributed by atoms with E-state index in [9.17, 15) is 19.7 Å². The van der Waals surface area contributed by atoms with Crippen molar-refractivity contribution in [3.63, 3.8) is 0 Å². The number of hydrogen-bond donors (Lipinski definition) is 2. The summed E-state index contributed by atoms with van der Waals surface area (Å²) in [6.07, 6.45) is -1.07. The molecule has 2 aromatic carbocycles. The van der Waals surface area contributed by atoms with Crippen molar-refractivity contribution in [2.24, 2.45) is 0 Å². The Morgan fingerprint density at radius 3 is 2.25 bits per heavy atom. The van der Waals surface area contributed by atoms with Crippen LogP contribution in [0.15, 0.2) is 30.3 Å². The predicted molar refractivity (Wildman–Crippen MR) is 107 cm³/mol. The maximum atomic E-state index is 12.4. The van der Waals surface area contributed by atoms with Crippen molar-refractivity contribution in [2.45, 2.75) is 33.8 Å². The monoisotopic (exact) mass is 385 g/mol. The molecular formula is C20H23N3O5. The van der Waals surface area contributed by atoms with Crippen LogP contribution in [0.2, 0.25) is 0 Å². The van der Waals surface area contributed by atoms with Gasteiger partial charge in [0, 0.05) is 18.8 Å². The van der Waals surface area contributed by atoms with Crippen molar-refractivity contribution in [1.29, 1.82) is 0 Å². The number of amides is 1. The number of esters is 1. The minimum atomic E-state index is -1.07. The van der Waals surface area contributed by atoms with Crippen molar-refractivity contribution in [1.82, 2.24) is 0 Å². The molecule has 0 unspecified atom stereocenters. The summed E-state index contributed by atoms with van der Waals surface area (Å²) in [4.78, 5) is 35.3. The van der Waals surface area contributed by atoms with E-state index in [1.165, 1.54) is 19.1 Å². The van der Waals surface area contributed by atoms with Crippen molar-refractivity contribution < 1.29 is 19.2 Å². The van der Waals surface area contributed by atoms with Crippen LogP contribution >= 0.6 is 0 Å². The van der Waals surface area contributed by atoms with Crippen LogP contribution in [0, 0.1) is 30.9 Å². The van der Waals surface area contributed by atoms with Crippen molar-refractivity contribution >= 4 is 28.9 Å². The zero-order valence-electron chi connectivity index (χ0n) is 16.5. The van der Waals surface area contributed by atoms with Crippen LogP contribution < -0.4 is 10.6 Å². The smallest absolute Gasteiger partial charge is 0.339 e. The van der Waals surface area contributed by atoms with E-state index in [-0.39, 0.29) is 16.9 Å². The molecule has 0 aromatic heterocycles. The summed E-state index contributed by atoms with van der Waals surface area (Å²) < 4.78 is 5.19. The van der Waals surface area contributed by atoms with Gasteiger partial charge in [-0.2, -0.15) is 0 Å². The van der Waals surface area contributed by atoms with Gasteiger partial charge in [0.1, 0.15) is 5.69 Å². The molecule has 0 radical (unpaired) electrons. The summed E-state index contributed by atoms with van der Waals surface area (Å²) in [5, 5.41) is 16.6. The molecule has 2 N–H and O–H groups in total. The van der Waals surface area contributed by atoms with Gasteiger partial charge in [0.25, 0.3) is 11.6 Å². The quantitative estimate of drug-likeness (QED) is 0.445. The highest BCUT2D eigenvalue weighted by atomic mass is 16.6. The lowest BCUT2D eigenvalue weighted by atomic mass is 10.0. The van der Waals surface area contributed by atoms with Gasteiger partial charge in [-0.1, -0.05) is 17.7 Å². The van der Waals surface area contributed by atoms with Gasteiger partial charge in [-0.15, -0.1) is 0 Å². The van der Waals surface area contributed by atoms with Crippen LogP contribution in [-0.2, 0) is 9.53 Å². The Bertz CT molecular complexity index is 916. The van der Waals surface area contributed by atoms with E-state index in [0.717, 1.165) is 22.8 Å². The number of nitrogens with zero attached hydrogens (tertiary/aromatic N) is 1. The van der Waals surface area contributed by atoms with E-state index in [0.29, 0.717) is 5.69 Å². The molecule has 28 heavy (non-hydrogen) atoms. The number of carbonyl (C=O) groups excluding carboxylic acids is 2. The number of nitro benzene ring substituents is 1. The van der Waals surface area contributed by atoms with Gasteiger partial charge in [0.05, 0.1) is 10.5 Å². The second kappa shape index (κ2) is 8.51. The maximum absolute atomic E-state index is 12.4. The molecule has 0 fully saturated rings. The lowest BCUT2D eigenvalue weighted by Crippen LogP contribution is -2.30. The molecule has 0 saturated heterocycles. The van der Waals surface area contributed by atoms with Crippen LogP contribution in [0.1, 0.15) is 34.0 Å². The third-order valence-electron chi connectivity index (χ3n) is 4.28. The number of anilines is 2. The summed E-state index contributed by atoms with van der Waals surface area (Å²) in [6.45, 7) is 7.18. The van der Waals surface area contributed by atoms with E-state index < -0.39 is 22.9 Å². The lowest BCUT2D eigenvalue weighted by Gasteiger charge is -2.17. The van der Waals surface area contributed by atoms with Gasteiger partial charge in [0.15, 0.2) is 6.10 Å². The van der Waals surface area contributed by atoms with E-state index in [2.05, 4.69) is 10.6 Å². The molecule has 1 atom stereocenters. The molecular weight excluding hydrogens is 362 g/mol. The molecule has 0 spiro atoms. The molecule has 8 heteroatoms. The van der Waals surface area contributed by atoms with Gasteiger partial charge in [-0.05, 0) is 51.0 Å². The molecule has 2 aromatic rings. The molecule has 0 saturated carbocycles. The SMILES string of the molecule is CNc1ccc(C(=O)O[C@H](C)C(=O)Nc2c(C)cc(C)cc2C)cc1[N+](=O)[O-]. The number of rotatable bonds is 6. The fraction of sp³-hybridized carbons (Fsp3) is 0.300. The Hall–Kier alpha value is -3.42. The molecule has 0 aliphatic rings. The van der Waals surface area contributed by atoms with Crippen LogP contribution in [0.5, 0.6) is 0 Å². The Balaban J connectivity index is 2.13. The van der Waals surface area contributed by atoms with Crippen molar-refractivity contribution in [2.75, 3.05) is 17.7 Å². The first-order valence-electron chi connectivity index (χ1n) is 8.70. The summed E-state index contributed by atoms with van der Waals surface area (Å²) in [5.74, 6) is -1.30. The third kappa shape index (κ3) is 4.64. The van der Waals surface area contributed by atoms with Gasteiger partial charge < -0.3 is 15.4 Å². The molecule has 2 rings (SSSR count). The van der Waals surface area contributed by atoms with Gasteiger partial charge >= 0.3 is 5.97 Å². The summed E-state index contributed by atoms with van der Waals surface area (Å²) in [5.41, 5.74) is 3.59. The highest BCUT2D eigenvalue weighted by Gasteiger charge is 2.23. The highest BCUT2D eigenvalue weighted by molar-refractivity contribution is 5.98. The minimum absolute atomic E-state index is 0.00644. The second-order valence-corrected chi connectivity index (χ2v) is 6.55. The Labute approximate surface area is 163 Å². The zero-order chi connectivity index (χ0) is 21.0. The van der Waals surface area contributed by atoms with E-state index in [4.69, 9.17) is 4.74 Å². The predicted octanol–water partition coefficient (Wildman–Crippen LogP) is 3.75. The normalized spacial score (nSPS) is 11.5. The Morgan fingerprint density at radius 1 is 1.11 bits per heavy atom. The fourth-order valence-corrected chi connectivity index (χ4v) is 2.91. The van der Waals surface area contributed by atoms with Crippen molar-refractivity contribution in [3.8, 4) is 0 Å². The number of carbonyl (C=O) groups is 2. The molecule has 0 aliphatic heterocycles. The Morgan fingerprint density at radius 2 is 1.71 bits per heavy atom. The third-order valence-corrected chi connectivity index (χ3v) is 4.28. The van der Waals surface area contributed by atoms with Gasteiger partial charge in [0.2, 0.25) is 0 Å². The van der Waals surface area contributed by atoms with Crippen LogP contribution in [0.4, 0.5) is 17.1 Å². The number of benzene rings is 2. The van der Waals surface area contributed by atoms with Crippen LogP contribution in [0.25, 0.3) is 0 Å². The standard InChI is InChI=1S/C20H23N3O5/c1-11-8-12(2)18(13(3)9-11)22-19(24)14(4)28-20(25)15-6-7-16(21-5)17(10-15)23(26)27/h6-10,14,21H,1-5H3,(H,22,24)/t14-/m1/s1. The van der Waals surface area contributed by atoms with E-state index >= 15 is 0 Å². The lowest BCUT2D eigenvalue weighted by molar-refractivity contribution is -0.384. The molecule has 0 aliphatic carbocycles. The summed E-state index contributed by atoms with van der Waals surface area (Å²) in [7, 11) is 1.54. The number of ether oxygens (including phenoxy) is 1. The fourth-order valence-electron chi connectivity index (χ4n) is 2.91. The molecule has 8 nitrogen and oxygen atoms in total. The number of nitrogens with one attached hydrogen (secondary N) is 2. The maximum Gasteiger partial charge on any atom is 0.339 e. The highest BCUT2D eigenvalue weighted by Crippen LogP contribution is 2.26. The second-order valence-electron chi connectivity index (χ2n) is 6.55. The molecule has 1 amide bonds.